The molecule has 0 saturated carbocycles. The van der Waals surface area contributed by atoms with Gasteiger partial charge in [-0.2, -0.15) is 0 Å². The van der Waals surface area contributed by atoms with Gasteiger partial charge >= 0.3 is 0 Å². The zero-order valence-corrected chi connectivity index (χ0v) is 11.8. The van der Waals surface area contributed by atoms with Gasteiger partial charge in [0, 0.05) is 18.7 Å². The molecule has 6 heteroatoms. The molecule has 1 aromatic heterocycles. The number of nitrogens with two attached hydrogens (primary N) is 1. The number of aromatic hydroxyl groups is 1. The van der Waals surface area contributed by atoms with Gasteiger partial charge in [-0.1, -0.05) is 0 Å². The van der Waals surface area contributed by atoms with Gasteiger partial charge in [0.1, 0.15) is 11.6 Å². The van der Waals surface area contributed by atoms with Gasteiger partial charge in [0.25, 0.3) is 0 Å². The van der Waals surface area contributed by atoms with Crippen LogP contribution in [0.2, 0.25) is 0 Å². The van der Waals surface area contributed by atoms with Crippen molar-refractivity contribution < 1.29 is 9.84 Å². The zero-order valence-electron chi connectivity index (χ0n) is 11.8. The number of phenolic OH excluding ortho intramolecular Hbond substituents is 1. The van der Waals surface area contributed by atoms with E-state index in [4.69, 9.17) is 10.6 Å². The van der Waals surface area contributed by atoms with E-state index in [-0.39, 0.29) is 0 Å². The Kier molecular flexibility index (Phi) is 4.16. The van der Waals surface area contributed by atoms with E-state index >= 15 is 0 Å². The summed E-state index contributed by atoms with van der Waals surface area (Å²) in [7, 11) is 1.60. The molecule has 1 aromatic carbocycles. The third-order valence-corrected chi connectivity index (χ3v) is 2.97. The Morgan fingerprint density at radius 1 is 1.20 bits per heavy atom. The smallest absolute Gasteiger partial charge is 0.161 e. The van der Waals surface area contributed by atoms with Gasteiger partial charge in [-0.3, -0.25) is 0 Å². The molecule has 0 amide bonds. The summed E-state index contributed by atoms with van der Waals surface area (Å²) in [6.07, 6.45) is 0. The molecule has 0 atom stereocenters. The van der Waals surface area contributed by atoms with Crippen molar-refractivity contribution in [1.29, 1.82) is 0 Å². The van der Waals surface area contributed by atoms with Crippen LogP contribution in [0.15, 0.2) is 18.2 Å². The van der Waals surface area contributed by atoms with E-state index in [0.717, 1.165) is 22.4 Å². The fourth-order valence-electron chi connectivity index (χ4n) is 2.01. The number of nitrogens with zero attached hydrogens (tertiary/aromatic N) is 2. The number of aryl methyl sites for hydroxylation is 2. The van der Waals surface area contributed by atoms with E-state index in [0.29, 0.717) is 24.0 Å². The number of benzene rings is 1. The molecule has 0 unspecified atom stereocenters. The standard InChI is InChI=1S/C14H18N4O2/c1-8-4-10(5-9(2)13(8)19)14-16-11(7-20-3)6-12(17-14)18-15/h4-6,19H,7,15H2,1-3H3,(H,16,17,18). The van der Waals surface area contributed by atoms with Gasteiger partial charge < -0.3 is 15.3 Å². The van der Waals surface area contributed by atoms with E-state index in [9.17, 15) is 5.11 Å². The van der Waals surface area contributed by atoms with Crippen LogP contribution in [0.3, 0.4) is 0 Å². The normalized spacial score (nSPS) is 10.6. The molecule has 2 aromatic rings. The lowest BCUT2D eigenvalue weighted by Gasteiger charge is -2.10. The average molecular weight is 274 g/mol. The minimum atomic E-state index is 0.291. The Morgan fingerprint density at radius 2 is 1.85 bits per heavy atom. The summed E-state index contributed by atoms with van der Waals surface area (Å²) < 4.78 is 5.09. The summed E-state index contributed by atoms with van der Waals surface area (Å²) in [5.41, 5.74) is 5.64. The first-order valence-corrected chi connectivity index (χ1v) is 6.19. The molecule has 0 bridgehead atoms. The van der Waals surface area contributed by atoms with Crippen LogP contribution in [0.4, 0.5) is 5.82 Å². The molecule has 0 fully saturated rings. The molecule has 106 valence electrons. The van der Waals surface area contributed by atoms with Crippen molar-refractivity contribution in [1.82, 2.24) is 9.97 Å². The van der Waals surface area contributed by atoms with E-state index in [1.54, 1.807) is 13.2 Å². The fraction of sp³-hybridized carbons (Fsp3) is 0.286. The predicted molar refractivity (Wildman–Crippen MR) is 77.1 cm³/mol. The topological polar surface area (TPSA) is 93.3 Å². The Morgan fingerprint density at radius 3 is 2.40 bits per heavy atom. The molecule has 0 aliphatic heterocycles. The van der Waals surface area contributed by atoms with E-state index in [1.165, 1.54) is 0 Å². The zero-order chi connectivity index (χ0) is 14.7. The van der Waals surface area contributed by atoms with E-state index in [1.807, 2.05) is 26.0 Å². The molecule has 0 saturated heterocycles. The number of phenols is 1. The SMILES string of the molecule is COCc1cc(NN)nc(-c2cc(C)c(O)c(C)c2)n1. The summed E-state index contributed by atoms with van der Waals surface area (Å²) in [4.78, 5) is 8.77. The molecule has 0 aliphatic rings. The molecule has 0 radical (unpaired) electrons. The van der Waals surface area contributed by atoms with Crippen molar-refractivity contribution in [2.75, 3.05) is 12.5 Å². The molecule has 0 spiro atoms. The van der Waals surface area contributed by atoms with Crippen molar-refractivity contribution in [3.63, 3.8) is 0 Å². The van der Waals surface area contributed by atoms with Crippen molar-refractivity contribution in [2.24, 2.45) is 5.84 Å². The number of hydrazine groups is 1. The molecule has 6 nitrogen and oxygen atoms in total. The van der Waals surface area contributed by atoms with Crippen LogP contribution < -0.4 is 11.3 Å². The number of aromatic nitrogens is 2. The van der Waals surface area contributed by atoms with Crippen LogP contribution in [-0.4, -0.2) is 22.2 Å². The molecule has 20 heavy (non-hydrogen) atoms. The number of hydrogen-bond donors (Lipinski definition) is 3. The quantitative estimate of drug-likeness (QED) is 0.582. The van der Waals surface area contributed by atoms with Gasteiger partial charge in [-0.05, 0) is 37.1 Å². The van der Waals surface area contributed by atoms with Crippen LogP contribution in [0.1, 0.15) is 16.8 Å². The van der Waals surface area contributed by atoms with Crippen LogP contribution in [0.5, 0.6) is 5.75 Å². The maximum absolute atomic E-state index is 9.82. The summed E-state index contributed by atoms with van der Waals surface area (Å²) in [5.74, 6) is 6.77. The van der Waals surface area contributed by atoms with Crippen molar-refractivity contribution >= 4 is 5.82 Å². The highest BCUT2D eigenvalue weighted by Gasteiger charge is 2.10. The van der Waals surface area contributed by atoms with Gasteiger partial charge in [0.05, 0.1) is 12.3 Å². The van der Waals surface area contributed by atoms with Crippen LogP contribution in [0.25, 0.3) is 11.4 Å². The second-order valence-electron chi connectivity index (χ2n) is 4.60. The summed E-state index contributed by atoms with van der Waals surface area (Å²) >= 11 is 0. The lowest BCUT2D eigenvalue weighted by molar-refractivity contribution is 0.181. The van der Waals surface area contributed by atoms with E-state index in [2.05, 4.69) is 15.4 Å². The fourth-order valence-corrected chi connectivity index (χ4v) is 2.01. The maximum atomic E-state index is 9.82. The van der Waals surface area contributed by atoms with Crippen LogP contribution in [0, 0.1) is 13.8 Å². The van der Waals surface area contributed by atoms with Gasteiger partial charge in [-0.25, -0.2) is 15.8 Å². The number of methoxy groups -OCH3 is 1. The largest absolute Gasteiger partial charge is 0.507 e. The highest BCUT2D eigenvalue weighted by atomic mass is 16.5. The highest BCUT2D eigenvalue weighted by molar-refractivity contribution is 5.62. The van der Waals surface area contributed by atoms with Crippen molar-refractivity contribution in [2.45, 2.75) is 20.5 Å². The number of anilines is 1. The second kappa shape index (κ2) is 5.85. The number of hydrogen-bond acceptors (Lipinski definition) is 6. The lowest BCUT2D eigenvalue weighted by Crippen LogP contribution is -2.11. The van der Waals surface area contributed by atoms with E-state index < -0.39 is 0 Å². The average Bonchev–Trinajstić information content (AvgIpc) is 2.44. The van der Waals surface area contributed by atoms with Crippen LogP contribution in [-0.2, 0) is 11.3 Å². The number of nitrogen functional groups attached to an aromatic ring is 1. The highest BCUT2D eigenvalue weighted by Crippen LogP contribution is 2.28. The number of rotatable bonds is 4. The molecular weight excluding hydrogens is 256 g/mol. The third-order valence-electron chi connectivity index (χ3n) is 2.97. The molecular formula is C14H18N4O2. The molecule has 4 N–H and O–H groups in total. The van der Waals surface area contributed by atoms with Gasteiger partial charge in [0.2, 0.25) is 0 Å². The molecule has 1 heterocycles. The monoisotopic (exact) mass is 274 g/mol. The van der Waals surface area contributed by atoms with Crippen LogP contribution >= 0.6 is 0 Å². The summed E-state index contributed by atoms with van der Waals surface area (Å²) in [5, 5.41) is 9.82. The minimum absolute atomic E-state index is 0.291. The molecule has 2 rings (SSSR count). The first-order valence-electron chi connectivity index (χ1n) is 6.19. The number of ether oxygens (including phenoxy) is 1. The van der Waals surface area contributed by atoms with Gasteiger partial charge in [0.15, 0.2) is 5.82 Å². The Bertz CT molecular complexity index is 606. The second-order valence-corrected chi connectivity index (χ2v) is 4.60. The predicted octanol–water partition coefficient (Wildman–Crippen LogP) is 1.90. The first kappa shape index (κ1) is 14.2. The summed E-state index contributed by atoms with van der Waals surface area (Å²) in [6.45, 7) is 4.06. The van der Waals surface area contributed by atoms with Crippen molar-refractivity contribution in [3.8, 4) is 17.1 Å². The Hall–Kier alpha value is -2.18. The van der Waals surface area contributed by atoms with Gasteiger partial charge in [-0.15, -0.1) is 0 Å². The maximum Gasteiger partial charge on any atom is 0.161 e. The Balaban J connectivity index is 2.53. The third kappa shape index (κ3) is 2.87. The Labute approximate surface area is 117 Å². The number of nitrogens with one attached hydrogen (secondary N) is 1. The van der Waals surface area contributed by atoms with Crippen molar-refractivity contribution in [3.05, 3.63) is 35.0 Å². The first-order chi connectivity index (χ1) is 9.55. The minimum Gasteiger partial charge on any atom is -0.507 e. The lowest BCUT2D eigenvalue weighted by atomic mass is 10.1. The molecule has 0 aliphatic carbocycles. The summed E-state index contributed by atoms with van der Waals surface area (Å²) in [6, 6.07) is 5.41.